The Morgan fingerprint density at radius 2 is 2.08 bits per heavy atom. The number of hydrogen-bond donors (Lipinski definition) is 1. The van der Waals surface area contributed by atoms with Gasteiger partial charge in [0.05, 0.1) is 5.69 Å². The van der Waals surface area contributed by atoms with E-state index >= 15 is 0 Å². The zero-order chi connectivity index (χ0) is 9.26. The first-order valence-corrected chi connectivity index (χ1v) is 4.00. The Hall–Kier alpha value is -1.84. The van der Waals surface area contributed by atoms with Crippen LogP contribution in [0.15, 0.2) is 30.6 Å². The van der Waals surface area contributed by atoms with Gasteiger partial charge in [0, 0.05) is 0 Å². The van der Waals surface area contributed by atoms with Gasteiger partial charge in [0.2, 0.25) is 5.95 Å². The van der Waals surface area contributed by atoms with Gasteiger partial charge in [0.1, 0.15) is 6.33 Å². The van der Waals surface area contributed by atoms with E-state index in [-0.39, 0.29) is 0 Å². The molecule has 0 amide bonds. The summed E-state index contributed by atoms with van der Waals surface area (Å²) in [7, 11) is 0. The number of benzene rings is 1. The third-order valence-electron chi connectivity index (χ3n) is 1.87. The number of nitrogen functional groups attached to an aromatic ring is 1. The number of aryl methyl sites for hydroxylation is 1. The van der Waals surface area contributed by atoms with E-state index in [1.165, 1.54) is 0 Å². The average molecular weight is 174 g/mol. The monoisotopic (exact) mass is 174 g/mol. The van der Waals surface area contributed by atoms with Crippen LogP contribution in [0, 0.1) is 6.92 Å². The fourth-order valence-corrected chi connectivity index (χ4v) is 1.21. The highest BCUT2D eigenvalue weighted by molar-refractivity contribution is 5.39. The molecular weight excluding hydrogens is 164 g/mol. The van der Waals surface area contributed by atoms with Crippen molar-refractivity contribution in [3.8, 4) is 5.69 Å². The Kier molecular flexibility index (Phi) is 1.73. The Morgan fingerprint density at radius 3 is 2.69 bits per heavy atom. The zero-order valence-corrected chi connectivity index (χ0v) is 7.31. The van der Waals surface area contributed by atoms with E-state index < -0.39 is 0 Å². The van der Waals surface area contributed by atoms with E-state index in [0.717, 1.165) is 11.3 Å². The molecule has 2 aromatic rings. The van der Waals surface area contributed by atoms with Gasteiger partial charge >= 0.3 is 0 Å². The molecule has 1 aromatic heterocycles. The molecule has 0 unspecified atom stereocenters. The summed E-state index contributed by atoms with van der Waals surface area (Å²) < 4.78 is 1.67. The highest BCUT2D eigenvalue weighted by atomic mass is 15.4. The van der Waals surface area contributed by atoms with Crippen LogP contribution in [-0.4, -0.2) is 14.8 Å². The summed E-state index contributed by atoms with van der Waals surface area (Å²) in [5.41, 5.74) is 7.57. The van der Waals surface area contributed by atoms with Crippen LogP contribution in [-0.2, 0) is 0 Å². The third-order valence-corrected chi connectivity index (χ3v) is 1.87. The van der Waals surface area contributed by atoms with E-state index in [1.807, 2.05) is 31.2 Å². The van der Waals surface area contributed by atoms with E-state index in [1.54, 1.807) is 11.0 Å². The van der Waals surface area contributed by atoms with Crippen molar-refractivity contribution in [1.29, 1.82) is 0 Å². The molecular formula is C9H10N4. The molecule has 2 N–H and O–H groups in total. The highest BCUT2D eigenvalue weighted by Gasteiger charge is 2.01. The Balaban J connectivity index is 2.52. The van der Waals surface area contributed by atoms with Crippen molar-refractivity contribution in [3.05, 3.63) is 36.2 Å². The second-order valence-corrected chi connectivity index (χ2v) is 2.83. The maximum atomic E-state index is 5.42. The fourth-order valence-electron chi connectivity index (χ4n) is 1.21. The van der Waals surface area contributed by atoms with E-state index in [9.17, 15) is 0 Å². The van der Waals surface area contributed by atoms with Crippen molar-refractivity contribution < 1.29 is 0 Å². The van der Waals surface area contributed by atoms with Gasteiger partial charge in [-0.05, 0) is 18.6 Å². The third kappa shape index (κ3) is 1.38. The van der Waals surface area contributed by atoms with E-state index in [2.05, 4.69) is 10.1 Å². The van der Waals surface area contributed by atoms with Crippen molar-refractivity contribution in [2.75, 3.05) is 5.73 Å². The fraction of sp³-hybridized carbons (Fsp3) is 0.111. The lowest BCUT2D eigenvalue weighted by molar-refractivity contribution is 0.875. The van der Waals surface area contributed by atoms with E-state index in [4.69, 9.17) is 5.73 Å². The topological polar surface area (TPSA) is 56.7 Å². The number of nitrogens with zero attached hydrogens (tertiary/aromatic N) is 3. The minimum Gasteiger partial charge on any atom is -0.366 e. The van der Waals surface area contributed by atoms with Crippen LogP contribution in [0.3, 0.4) is 0 Å². The smallest absolute Gasteiger partial charge is 0.239 e. The van der Waals surface area contributed by atoms with Gasteiger partial charge in [-0.2, -0.15) is 0 Å². The Labute approximate surface area is 76.0 Å². The Morgan fingerprint density at radius 1 is 1.31 bits per heavy atom. The van der Waals surface area contributed by atoms with Crippen LogP contribution >= 0.6 is 0 Å². The summed E-state index contributed by atoms with van der Waals surface area (Å²) >= 11 is 0. The minimum absolute atomic E-state index is 0.295. The molecule has 0 aliphatic heterocycles. The number of hydrogen-bond acceptors (Lipinski definition) is 3. The second kappa shape index (κ2) is 2.90. The first-order valence-electron chi connectivity index (χ1n) is 4.00. The molecule has 4 heteroatoms. The normalized spacial score (nSPS) is 10.2. The standard InChI is InChI=1S/C9H10N4/c1-7-4-2-3-5-8(7)13-6-11-9(10)12-13/h2-6H,1H3,(H2,10,12). The molecule has 0 aliphatic carbocycles. The summed E-state index contributed by atoms with van der Waals surface area (Å²) in [4.78, 5) is 3.86. The molecule has 13 heavy (non-hydrogen) atoms. The largest absolute Gasteiger partial charge is 0.366 e. The van der Waals surface area contributed by atoms with Crippen molar-refractivity contribution >= 4 is 5.95 Å². The number of nitrogens with two attached hydrogens (primary N) is 1. The summed E-state index contributed by atoms with van der Waals surface area (Å²) in [6.45, 7) is 2.02. The number of anilines is 1. The first kappa shape index (κ1) is 7.79. The summed E-state index contributed by atoms with van der Waals surface area (Å²) in [5.74, 6) is 0.295. The van der Waals surface area contributed by atoms with Crippen molar-refractivity contribution in [1.82, 2.24) is 14.8 Å². The first-order chi connectivity index (χ1) is 6.27. The quantitative estimate of drug-likeness (QED) is 0.705. The van der Waals surface area contributed by atoms with Gasteiger partial charge in [-0.3, -0.25) is 0 Å². The zero-order valence-electron chi connectivity index (χ0n) is 7.31. The highest BCUT2D eigenvalue weighted by Crippen LogP contribution is 2.11. The molecule has 4 nitrogen and oxygen atoms in total. The lowest BCUT2D eigenvalue weighted by atomic mass is 10.2. The molecule has 66 valence electrons. The molecule has 0 bridgehead atoms. The van der Waals surface area contributed by atoms with E-state index in [0.29, 0.717) is 5.95 Å². The Bertz CT molecular complexity index is 419. The van der Waals surface area contributed by atoms with Crippen LogP contribution in [0.1, 0.15) is 5.56 Å². The van der Waals surface area contributed by atoms with Gasteiger partial charge in [0.25, 0.3) is 0 Å². The van der Waals surface area contributed by atoms with Gasteiger partial charge in [-0.1, -0.05) is 18.2 Å². The molecule has 2 rings (SSSR count). The lowest BCUT2D eigenvalue weighted by Crippen LogP contribution is -1.98. The molecule has 0 saturated heterocycles. The molecule has 0 saturated carbocycles. The number of aromatic nitrogens is 3. The second-order valence-electron chi connectivity index (χ2n) is 2.83. The summed E-state index contributed by atoms with van der Waals surface area (Å²) in [5, 5.41) is 4.03. The van der Waals surface area contributed by atoms with Crippen LogP contribution in [0.25, 0.3) is 5.69 Å². The van der Waals surface area contributed by atoms with Gasteiger partial charge in [-0.15, -0.1) is 5.10 Å². The van der Waals surface area contributed by atoms with Crippen molar-refractivity contribution in [3.63, 3.8) is 0 Å². The van der Waals surface area contributed by atoms with Crippen LogP contribution in [0.2, 0.25) is 0 Å². The lowest BCUT2D eigenvalue weighted by Gasteiger charge is -2.02. The van der Waals surface area contributed by atoms with Crippen LogP contribution in [0.4, 0.5) is 5.95 Å². The van der Waals surface area contributed by atoms with Gasteiger partial charge < -0.3 is 5.73 Å². The van der Waals surface area contributed by atoms with Gasteiger partial charge in [-0.25, -0.2) is 9.67 Å². The summed E-state index contributed by atoms with van der Waals surface area (Å²) in [6, 6.07) is 7.94. The molecule has 0 spiro atoms. The van der Waals surface area contributed by atoms with Crippen LogP contribution < -0.4 is 5.73 Å². The SMILES string of the molecule is Cc1ccccc1-n1cnc(N)n1. The predicted octanol–water partition coefficient (Wildman–Crippen LogP) is 1.16. The van der Waals surface area contributed by atoms with Crippen LogP contribution in [0.5, 0.6) is 0 Å². The minimum atomic E-state index is 0.295. The molecule has 0 atom stereocenters. The molecule has 1 heterocycles. The summed E-state index contributed by atoms with van der Waals surface area (Å²) in [6.07, 6.45) is 1.61. The number of para-hydroxylation sites is 1. The van der Waals surface area contributed by atoms with Gasteiger partial charge in [0.15, 0.2) is 0 Å². The average Bonchev–Trinajstić information content (AvgIpc) is 2.53. The number of rotatable bonds is 1. The molecule has 0 fully saturated rings. The maximum absolute atomic E-state index is 5.42. The molecule has 0 aliphatic rings. The molecule has 1 aromatic carbocycles. The maximum Gasteiger partial charge on any atom is 0.239 e. The van der Waals surface area contributed by atoms with Crippen molar-refractivity contribution in [2.45, 2.75) is 6.92 Å². The predicted molar refractivity (Wildman–Crippen MR) is 50.5 cm³/mol. The van der Waals surface area contributed by atoms with Crippen molar-refractivity contribution in [2.24, 2.45) is 0 Å². The molecule has 0 radical (unpaired) electrons.